The minimum Gasteiger partial charge on any atom is -0.317 e. The third-order valence-corrected chi connectivity index (χ3v) is 5.56. The van der Waals surface area contributed by atoms with Crippen molar-refractivity contribution < 1.29 is 13.2 Å². The molecule has 1 atom stereocenters. The number of hydrogen-bond acceptors (Lipinski definition) is 5. The molecule has 0 spiro atoms. The van der Waals surface area contributed by atoms with Gasteiger partial charge in [0.25, 0.3) is 0 Å². The molecule has 0 bridgehead atoms. The Balaban J connectivity index is 2.02. The van der Waals surface area contributed by atoms with Crippen molar-refractivity contribution in [3.63, 3.8) is 0 Å². The van der Waals surface area contributed by atoms with Crippen LogP contribution in [0, 0.1) is 0 Å². The van der Waals surface area contributed by atoms with E-state index in [1.54, 1.807) is 24.4 Å². The third-order valence-electron chi connectivity index (χ3n) is 3.50. The van der Waals surface area contributed by atoms with Crippen LogP contribution in [0.3, 0.4) is 0 Å². The van der Waals surface area contributed by atoms with Gasteiger partial charge in [-0.25, -0.2) is 9.97 Å². The molecule has 1 aromatic carbocycles. The molecule has 0 fully saturated rings. The molecule has 0 amide bonds. The van der Waals surface area contributed by atoms with Crippen LogP contribution in [0.4, 0.5) is 13.2 Å². The predicted octanol–water partition coefficient (Wildman–Crippen LogP) is 5.18. The number of nitrogens with zero attached hydrogens (tertiary/aromatic N) is 2. The van der Waals surface area contributed by atoms with Gasteiger partial charge >= 0.3 is 5.51 Å². The predicted molar refractivity (Wildman–Crippen MR) is 91.4 cm³/mol. The monoisotopic (exact) mass is 389 g/mol. The van der Waals surface area contributed by atoms with Crippen LogP contribution in [0.25, 0.3) is 10.2 Å². The van der Waals surface area contributed by atoms with E-state index in [4.69, 9.17) is 17.3 Å². The molecule has 0 aliphatic rings. The van der Waals surface area contributed by atoms with Gasteiger partial charge in [0, 0.05) is 10.3 Å². The highest BCUT2D eigenvalue weighted by molar-refractivity contribution is 8.00. The molecular formula is C15H11ClF3N3S2. The average Bonchev–Trinajstić information content (AvgIpc) is 2.88. The topological polar surface area (TPSA) is 51.8 Å². The first-order valence-electron chi connectivity index (χ1n) is 6.72. The van der Waals surface area contributed by atoms with Crippen LogP contribution in [0.1, 0.15) is 18.2 Å². The van der Waals surface area contributed by atoms with Crippen molar-refractivity contribution in [3.8, 4) is 0 Å². The third kappa shape index (κ3) is 3.37. The average molecular weight is 390 g/mol. The zero-order valence-corrected chi connectivity index (χ0v) is 14.7. The summed E-state index contributed by atoms with van der Waals surface area (Å²) >= 11 is 7.43. The molecule has 0 radical (unpaired) electrons. The van der Waals surface area contributed by atoms with Gasteiger partial charge in [-0.15, -0.1) is 11.3 Å². The lowest BCUT2D eigenvalue weighted by Crippen LogP contribution is -2.35. The van der Waals surface area contributed by atoms with Gasteiger partial charge in [0.1, 0.15) is 11.2 Å². The van der Waals surface area contributed by atoms with Crippen molar-refractivity contribution in [2.75, 3.05) is 0 Å². The quantitative estimate of drug-likeness (QED) is 0.627. The molecule has 0 saturated heterocycles. The largest absolute Gasteiger partial charge is 0.446 e. The summed E-state index contributed by atoms with van der Waals surface area (Å²) in [6.45, 7) is 1.74. The van der Waals surface area contributed by atoms with Gasteiger partial charge in [0.2, 0.25) is 0 Å². The number of nitrogens with two attached hydrogens (primary N) is 1. The molecule has 2 heterocycles. The second-order valence-electron chi connectivity index (χ2n) is 5.26. The van der Waals surface area contributed by atoms with E-state index in [0.29, 0.717) is 26.5 Å². The van der Waals surface area contributed by atoms with Crippen LogP contribution >= 0.6 is 34.7 Å². The number of halogens is 4. The fourth-order valence-electron chi connectivity index (χ4n) is 2.37. The van der Waals surface area contributed by atoms with Gasteiger partial charge in [-0.3, -0.25) is 0 Å². The van der Waals surface area contributed by atoms with Gasteiger partial charge in [-0.2, -0.15) is 13.2 Å². The summed E-state index contributed by atoms with van der Waals surface area (Å²) in [4.78, 5) is 9.25. The molecule has 3 aromatic rings. The van der Waals surface area contributed by atoms with Gasteiger partial charge < -0.3 is 5.73 Å². The van der Waals surface area contributed by atoms with Crippen LogP contribution in [-0.4, -0.2) is 15.5 Å². The maximum Gasteiger partial charge on any atom is 0.446 e. The van der Waals surface area contributed by atoms with Crippen LogP contribution in [0.5, 0.6) is 0 Å². The first kappa shape index (κ1) is 17.5. The lowest BCUT2D eigenvalue weighted by Gasteiger charge is -2.25. The van der Waals surface area contributed by atoms with Crippen molar-refractivity contribution in [3.05, 3.63) is 52.3 Å². The standard InChI is InChI=1S/C15H11ClF3N3S2/c1-14(20,8-2-4-9(5-3-8)24-15(17,18)19)12-11-10(16)6-23-13(11)22-7-21-12/h2-7H,20H2,1H3/t14-/m0/s1. The maximum atomic E-state index is 12.4. The number of aromatic nitrogens is 2. The Hall–Kier alpha value is -1.35. The second kappa shape index (κ2) is 6.18. The lowest BCUT2D eigenvalue weighted by atomic mass is 9.88. The van der Waals surface area contributed by atoms with E-state index < -0.39 is 11.0 Å². The maximum absolute atomic E-state index is 12.4. The van der Waals surface area contributed by atoms with Crippen molar-refractivity contribution in [1.29, 1.82) is 0 Å². The summed E-state index contributed by atoms with van der Waals surface area (Å²) in [7, 11) is 0. The molecule has 0 saturated carbocycles. The summed E-state index contributed by atoms with van der Waals surface area (Å²) in [6.07, 6.45) is 1.41. The number of fused-ring (bicyclic) bond motifs is 1. The lowest BCUT2D eigenvalue weighted by molar-refractivity contribution is -0.0328. The zero-order valence-electron chi connectivity index (χ0n) is 12.3. The Morgan fingerprint density at radius 2 is 1.83 bits per heavy atom. The number of thiophene rings is 1. The number of rotatable bonds is 3. The summed E-state index contributed by atoms with van der Waals surface area (Å²) in [5.74, 6) is 0. The van der Waals surface area contributed by atoms with Gasteiger partial charge in [-0.1, -0.05) is 23.7 Å². The van der Waals surface area contributed by atoms with Crippen LogP contribution in [-0.2, 0) is 5.54 Å². The molecule has 2 aromatic heterocycles. The molecule has 0 aliphatic heterocycles. The summed E-state index contributed by atoms with van der Waals surface area (Å²) in [5, 5.41) is 2.93. The molecule has 3 nitrogen and oxygen atoms in total. The Morgan fingerprint density at radius 3 is 2.46 bits per heavy atom. The van der Waals surface area contributed by atoms with Gasteiger partial charge in [0.15, 0.2) is 0 Å². The Labute approximate surface area is 149 Å². The number of benzene rings is 1. The molecule has 0 aliphatic carbocycles. The van der Waals surface area contributed by atoms with E-state index in [1.165, 1.54) is 29.8 Å². The van der Waals surface area contributed by atoms with E-state index in [-0.39, 0.29) is 16.7 Å². The van der Waals surface area contributed by atoms with Gasteiger partial charge in [0.05, 0.1) is 21.6 Å². The van der Waals surface area contributed by atoms with E-state index in [9.17, 15) is 13.2 Å². The van der Waals surface area contributed by atoms with Gasteiger partial charge in [-0.05, 0) is 36.4 Å². The normalized spacial score (nSPS) is 14.8. The Morgan fingerprint density at radius 1 is 1.17 bits per heavy atom. The summed E-state index contributed by atoms with van der Waals surface area (Å²) in [6, 6.07) is 5.93. The van der Waals surface area contributed by atoms with Crippen molar-refractivity contribution in [2.45, 2.75) is 22.9 Å². The number of thioether (sulfide) groups is 1. The molecule has 0 unspecified atom stereocenters. The minimum absolute atomic E-state index is 0.100. The first-order valence-corrected chi connectivity index (χ1v) is 8.79. The van der Waals surface area contributed by atoms with E-state index >= 15 is 0 Å². The van der Waals surface area contributed by atoms with E-state index in [1.807, 2.05) is 0 Å². The SMILES string of the molecule is C[C@](N)(c1ccc(SC(F)(F)F)cc1)c1ncnc2scc(Cl)c12. The van der Waals surface area contributed by atoms with E-state index in [2.05, 4.69) is 9.97 Å². The van der Waals surface area contributed by atoms with Crippen molar-refractivity contribution >= 4 is 44.9 Å². The molecule has 3 rings (SSSR count). The second-order valence-corrected chi connectivity index (χ2v) is 7.66. The fourth-order valence-corrected chi connectivity index (χ4v) is 4.05. The molecule has 24 heavy (non-hydrogen) atoms. The molecule has 9 heteroatoms. The van der Waals surface area contributed by atoms with Crippen LogP contribution < -0.4 is 5.73 Å². The smallest absolute Gasteiger partial charge is 0.317 e. The molecule has 126 valence electrons. The zero-order chi connectivity index (χ0) is 17.5. The summed E-state index contributed by atoms with van der Waals surface area (Å²) in [5.41, 5.74) is 2.29. The van der Waals surface area contributed by atoms with E-state index in [0.717, 1.165) is 0 Å². The first-order chi connectivity index (χ1) is 11.2. The Kier molecular flexibility index (Phi) is 4.50. The van der Waals surface area contributed by atoms with Crippen LogP contribution in [0.15, 0.2) is 40.9 Å². The molecule has 2 N–H and O–H groups in total. The highest BCUT2D eigenvalue weighted by atomic mass is 35.5. The minimum atomic E-state index is -4.32. The van der Waals surface area contributed by atoms with Crippen molar-refractivity contribution in [2.24, 2.45) is 5.73 Å². The molecular weight excluding hydrogens is 379 g/mol. The Bertz CT molecular complexity index is 876. The number of hydrogen-bond donors (Lipinski definition) is 1. The summed E-state index contributed by atoms with van der Waals surface area (Å²) < 4.78 is 37.3. The number of alkyl halides is 3. The van der Waals surface area contributed by atoms with Crippen LogP contribution in [0.2, 0.25) is 5.02 Å². The van der Waals surface area contributed by atoms with Crippen molar-refractivity contribution in [1.82, 2.24) is 9.97 Å². The highest BCUT2D eigenvalue weighted by Crippen LogP contribution is 2.39. The highest BCUT2D eigenvalue weighted by Gasteiger charge is 2.31. The fraction of sp³-hybridized carbons (Fsp3) is 0.200.